The first-order chi connectivity index (χ1) is 8.20. The topological polar surface area (TPSA) is 38.5 Å². The predicted octanol–water partition coefficient (Wildman–Crippen LogP) is 2.01. The van der Waals surface area contributed by atoms with Gasteiger partial charge in [0.2, 0.25) is 0 Å². The number of ether oxygens (including phenoxy) is 1. The van der Waals surface area contributed by atoms with Crippen LogP contribution in [0.15, 0.2) is 24.3 Å². The molecule has 0 saturated heterocycles. The minimum Gasteiger partial charge on any atom is -0.497 e. The molecule has 1 aromatic carbocycles. The van der Waals surface area contributed by atoms with Gasteiger partial charge in [-0.3, -0.25) is 4.90 Å². The van der Waals surface area contributed by atoms with Crippen LogP contribution in [0.5, 0.6) is 5.75 Å². The van der Waals surface area contributed by atoms with Gasteiger partial charge in [-0.25, -0.2) is 0 Å². The van der Waals surface area contributed by atoms with Crippen LogP contribution in [0.2, 0.25) is 0 Å². The number of hydrogen-bond donors (Lipinski definition) is 1. The SMILES string of the molecule is COc1ccc(CN(C)C2CCCC2N)cc1. The molecule has 0 aliphatic heterocycles. The molecular formula is C14H22N2O. The van der Waals surface area contributed by atoms with Crippen molar-refractivity contribution in [3.05, 3.63) is 29.8 Å². The van der Waals surface area contributed by atoms with Gasteiger partial charge >= 0.3 is 0 Å². The second kappa shape index (κ2) is 5.52. The standard InChI is InChI=1S/C14H22N2O/c1-16(14-5-3-4-13(14)15)10-11-6-8-12(17-2)9-7-11/h6-9,13-14H,3-5,10,15H2,1-2H3. The number of nitrogens with zero attached hydrogens (tertiary/aromatic N) is 1. The van der Waals surface area contributed by atoms with E-state index in [-0.39, 0.29) is 0 Å². The van der Waals surface area contributed by atoms with Crippen LogP contribution in [0.3, 0.4) is 0 Å². The fourth-order valence-electron chi connectivity index (χ4n) is 2.65. The third kappa shape index (κ3) is 2.99. The zero-order chi connectivity index (χ0) is 12.3. The van der Waals surface area contributed by atoms with Gasteiger partial charge in [0, 0.05) is 18.6 Å². The maximum Gasteiger partial charge on any atom is 0.118 e. The van der Waals surface area contributed by atoms with Crippen LogP contribution in [-0.4, -0.2) is 31.1 Å². The Morgan fingerprint density at radius 3 is 2.53 bits per heavy atom. The summed E-state index contributed by atoms with van der Waals surface area (Å²) in [7, 11) is 3.86. The first-order valence-electron chi connectivity index (χ1n) is 6.29. The molecule has 17 heavy (non-hydrogen) atoms. The molecule has 1 aliphatic carbocycles. The van der Waals surface area contributed by atoms with Crippen LogP contribution >= 0.6 is 0 Å². The predicted molar refractivity (Wildman–Crippen MR) is 70.1 cm³/mol. The molecule has 3 heteroatoms. The lowest BCUT2D eigenvalue weighted by molar-refractivity contribution is 0.220. The molecule has 0 aromatic heterocycles. The van der Waals surface area contributed by atoms with Crippen molar-refractivity contribution in [3.63, 3.8) is 0 Å². The Morgan fingerprint density at radius 2 is 2.00 bits per heavy atom. The lowest BCUT2D eigenvalue weighted by Crippen LogP contribution is -2.41. The third-order valence-corrected chi connectivity index (χ3v) is 3.69. The first kappa shape index (κ1) is 12.4. The molecule has 1 fully saturated rings. The van der Waals surface area contributed by atoms with Gasteiger partial charge in [0.15, 0.2) is 0 Å². The van der Waals surface area contributed by atoms with Crippen LogP contribution in [0.1, 0.15) is 24.8 Å². The van der Waals surface area contributed by atoms with E-state index in [4.69, 9.17) is 10.5 Å². The smallest absolute Gasteiger partial charge is 0.118 e. The average molecular weight is 234 g/mol. The van der Waals surface area contributed by atoms with Gasteiger partial charge in [-0.2, -0.15) is 0 Å². The summed E-state index contributed by atoms with van der Waals surface area (Å²) < 4.78 is 5.16. The fraction of sp³-hybridized carbons (Fsp3) is 0.571. The summed E-state index contributed by atoms with van der Waals surface area (Å²) in [4.78, 5) is 2.37. The Hall–Kier alpha value is -1.06. The van der Waals surface area contributed by atoms with Crippen LogP contribution in [0, 0.1) is 0 Å². The number of rotatable bonds is 4. The molecule has 0 spiro atoms. The molecule has 0 amide bonds. The van der Waals surface area contributed by atoms with E-state index in [1.165, 1.54) is 18.4 Å². The largest absolute Gasteiger partial charge is 0.497 e. The molecule has 2 unspecified atom stereocenters. The van der Waals surface area contributed by atoms with Crippen LogP contribution in [-0.2, 0) is 6.54 Å². The number of nitrogens with two attached hydrogens (primary N) is 1. The summed E-state index contributed by atoms with van der Waals surface area (Å²) in [6, 6.07) is 9.15. The summed E-state index contributed by atoms with van der Waals surface area (Å²) in [6.45, 7) is 0.961. The zero-order valence-electron chi connectivity index (χ0n) is 10.7. The van der Waals surface area contributed by atoms with E-state index >= 15 is 0 Å². The van der Waals surface area contributed by atoms with Crippen molar-refractivity contribution in [1.29, 1.82) is 0 Å². The Balaban J connectivity index is 1.95. The van der Waals surface area contributed by atoms with E-state index in [1.54, 1.807) is 7.11 Å². The minimum absolute atomic E-state index is 0.346. The summed E-state index contributed by atoms with van der Waals surface area (Å²) in [5.41, 5.74) is 7.43. The van der Waals surface area contributed by atoms with E-state index in [0.29, 0.717) is 12.1 Å². The van der Waals surface area contributed by atoms with Crippen molar-refractivity contribution in [2.45, 2.75) is 37.9 Å². The monoisotopic (exact) mass is 234 g/mol. The van der Waals surface area contributed by atoms with Gasteiger partial charge in [-0.1, -0.05) is 18.6 Å². The Morgan fingerprint density at radius 1 is 1.29 bits per heavy atom. The van der Waals surface area contributed by atoms with Crippen molar-refractivity contribution in [3.8, 4) is 5.75 Å². The number of benzene rings is 1. The van der Waals surface area contributed by atoms with Gasteiger partial charge in [0.1, 0.15) is 5.75 Å². The Labute approximate surface area is 104 Å². The van der Waals surface area contributed by atoms with Crippen molar-refractivity contribution < 1.29 is 4.74 Å². The van der Waals surface area contributed by atoms with Crippen LogP contribution in [0.4, 0.5) is 0 Å². The van der Waals surface area contributed by atoms with Crippen molar-refractivity contribution >= 4 is 0 Å². The second-order valence-electron chi connectivity index (χ2n) is 4.93. The summed E-state index contributed by atoms with van der Waals surface area (Å²) in [5, 5.41) is 0. The zero-order valence-corrected chi connectivity index (χ0v) is 10.7. The fourth-order valence-corrected chi connectivity index (χ4v) is 2.65. The van der Waals surface area contributed by atoms with Crippen LogP contribution in [0.25, 0.3) is 0 Å². The van der Waals surface area contributed by atoms with Crippen LogP contribution < -0.4 is 10.5 Å². The quantitative estimate of drug-likeness (QED) is 0.866. The molecule has 1 aromatic rings. The molecule has 94 valence electrons. The third-order valence-electron chi connectivity index (χ3n) is 3.69. The van der Waals surface area contributed by atoms with Gasteiger partial charge in [-0.15, -0.1) is 0 Å². The van der Waals surface area contributed by atoms with Crippen molar-refractivity contribution in [2.75, 3.05) is 14.2 Å². The molecule has 0 heterocycles. The minimum atomic E-state index is 0.346. The summed E-state index contributed by atoms with van der Waals surface area (Å²) >= 11 is 0. The Bertz CT molecular complexity index is 350. The molecule has 0 bridgehead atoms. The number of hydrogen-bond acceptors (Lipinski definition) is 3. The molecule has 2 N–H and O–H groups in total. The normalized spacial score (nSPS) is 24.2. The molecule has 3 nitrogen and oxygen atoms in total. The molecule has 1 aliphatic rings. The lowest BCUT2D eigenvalue weighted by atomic mass is 10.1. The van der Waals surface area contributed by atoms with E-state index in [1.807, 2.05) is 12.1 Å². The van der Waals surface area contributed by atoms with E-state index in [9.17, 15) is 0 Å². The van der Waals surface area contributed by atoms with Crippen molar-refractivity contribution in [2.24, 2.45) is 5.73 Å². The van der Waals surface area contributed by atoms with Gasteiger partial charge in [-0.05, 0) is 37.6 Å². The molecule has 0 radical (unpaired) electrons. The van der Waals surface area contributed by atoms with Gasteiger partial charge < -0.3 is 10.5 Å². The van der Waals surface area contributed by atoms with Gasteiger partial charge in [0.05, 0.1) is 7.11 Å². The molecule has 1 saturated carbocycles. The first-order valence-corrected chi connectivity index (χ1v) is 6.29. The maximum absolute atomic E-state index is 6.12. The highest BCUT2D eigenvalue weighted by molar-refractivity contribution is 5.27. The van der Waals surface area contributed by atoms with E-state index < -0.39 is 0 Å². The summed E-state index contributed by atoms with van der Waals surface area (Å²) in [5.74, 6) is 0.911. The highest BCUT2D eigenvalue weighted by atomic mass is 16.5. The maximum atomic E-state index is 6.12. The van der Waals surface area contributed by atoms with E-state index in [0.717, 1.165) is 18.7 Å². The van der Waals surface area contributed by atoms with Gasteiger partial charge in [0.25, 0.3) is 0 Å². The van der Waals surface area contributed by atoms with Crippen molar-refractivity contribution in [1.82, 2.24) is 4.90 Å². The van der Waals surface area contributed by atoms with E-state index in [2.05, 4.69) is 24.1 Å². The molecule has 2 rings (SSSR count). The second-order valence-corrected chi connectivity index (χ2v) is 4.93. The number of likely N-dealkylation sites (N-methyl/N-ethyl adjacent to an activating group) is 1. The molecular weight excluding hydrogens is 212 g/mol. The number of methoxy groups -OCH3 is 1. The summed E-state index contributed by atoms with van der Waals surface area (Å²) in [6.07, 6.45) is 3.66. The highest BCUT2D eigenvalue weighted by Gasteiger charge is 2.27. The lowest BCUT2D eigenvalue weighted by Gasteiger charge is -2.27. The average Bonchev–Trinajstić information content (AvgIpc) is 2.76. The Kier molecular flexibility index (Phi) is 4.02. The molecule has 2 atom stereocenters. The highest BCUT2D eigenvalue weighted by Crippen LogP contribution is 2.23.